The molecule has 4 nitrogen and oxygen atoms in total. The summed E-state index contributed by atoms with van der Waals surface area (Å²) in [7, 11) is 1.51. The van der Waals surface area contributed by atoms with Gasteiger partial charge in [0, 0.05) is 22.3 Å². The summed E-state index contributed by atoms with van der Waals surface area (Å²) in [6.45, 7) is 1.84. The SMILES string of the molecule is COc1cc(Cl)c(C)cc1NC(=O)c1cc(Cl)ccn1. The molecule has 2 aromatic rings. The lowest BCUT2D eigenvalue weighted by Gasteiger charge is -2.12. The number of pyridine rings is 1. The molecule has 1 aromatic carbocycles. The maximum Gasteiger partial charge on any atom is 0.274 e. The number of nitrogens with zero attached hydrogens (tertiary/aromatic N) is 1. The molecule has 2 rings (SSSR count). The molecular weight excluding hydrogens is 299 g/mol. The minimum atomic E-state index is -0.368. The van der Waals surface area contributed by atoms with Crippen molar-refractivity contribution in [3.05, 3.63) is 51.8 Å². The fourth-order valence-corrected chi connectivity index (χ4v) is 1.96. The van der Waals surface area contributed by atoms with Gasteiger partial charge in [0.1, 0.15) is 11.4 Å². The molecule has 0 aliphatic heterocycles. The van der Waals surface area contributed by atoms with E-state index in [1.54, 1.807) is 18.2 Å². The number of amides is 1. The van der Waals surface area contributed by atoms with Crippen LogP contribution in [-0.2, 0) is 0 Å². The number of ether oxygens (including phenoxy) is 1. The first-order chi connectivity index (χ1) is 9.51. The van der Waals surface area contributed by atoms with Gasteiger partial charge in [-0.1, -0.05) is 23.2 Å². The number of carbonyl (C=O) groups excluding carboxylic acids is 1. The monoisotopic (exact) mass is 310 g/mol. The Bertz CT molecular complexity index is 660. The van der Waals surface area contributed by atoms with E-state index in [1.807, 2.05) is 6.92 Å². The van der Waals surface area contributed by atoms with Crippen LogP contribution in [0.2, 0.25) is 10.0 Å². The summed E-state index contributed by atoms with van der Waals surface area (Å²) in [6.07, 6.45) is 1.47. The van der Waals surface area contributed by atoms with Crippen LogP contribution in [0.5, 0.6) is 5.75 Å². The third kappa shape index (κ3) is 3.21. The highest BCUT2D eigenvalue weighted by Crippen LogP contribution is 2.31. The van der Waals surface area contributed by atoms with Crippen LogP contribution in [0.25, 0.3) is 0 Å². The van der Waals surface area contributed by atoms with Gasteiger partial charge in [-0.2, -0.15) is 0 Å². The van der Waals surface area contributed by atoms with Crippen molar-refractivity contribution in [2.45, 2.75) is 6.92 Å². The highest BCUT2D eigenvalue weighted by Gasteiger charge is 2.13. The van der Waals surface area contributed by atoms with Crippen molar-refractivity contribution in [2.24, 2.45) is 0 Å². The molecule has 0 unspecified atom stereocenters. The number of carbonyl (C=O) groups is 1. The predicted octanol–water partition coefficient (Wildman–Crippen LogP) is 3.96. The zero-order valence-electron chi connectivity index (χ0n) is 10.9. The molecule has 20 heavy (non-hydrogen) atoms. The number of methoxy groups -OCH3 is 1. The summed E-state index contributed by atoms with van der Waals surface area (Å²) in [6, 6.07) is 6.49. The summed E-state index contributed by atoms with van der Waals surface area (Å²) < 4.78 is 5.20. The summed E-state index contributed by atoms with van der Waals surface area (Å²) in [5.74, 6) is 0.114. The lowest BCUT2D eigenvalue weighted by Crippen LogP contribution is -2.14. The second-order valence-corrected chi connectivity index (χ2v) is 4.96. The molecule has 0 aliphatic carbocycles. The van der Waals surface area contributed by atoms with E-state index in [1.165, 1.54) is 19.4 Å². The first-order valence-electron chi connectivity index (χ1n) is 5.78. The van der Waals surface area contributed by atoms with Crippen LogP contribution < -0.4 is 10.1 Å². The van der Waals surface area contributed by atoms with Crippen molar-refractivity contribution in [1.82, 2.24) is 4.98 Å². The zero-order valence-corrected chi connectivity index (χ0v) is 12.4. The molecule has 0 saturated carbocycles. The molecule has 0 spiro atoms. The number of benzene rings is 1. The van der Waals surface area contributed by atoms with Gasteiger partial charge in [-0.3, -0.25) is 9.78 Å². The van der Waals surface area contributed by atoms with Gasteiger partial charge in [0.2, 0.25) is 0 Å². The van der Waals surface area contributed by atoms with Gasteiger partial charge in [0.25, 0.3) is 5.91 Å². The Kier molecular flexibility index (Phi) is 4.47. The maximum absolute atomic E-state index is 12.1. The average Bonchev–Trinajstić information content (AvgIpc) is 2.42. The van der Waals surface area contributed by atoms with Crippen molar-refractivity contribution in [3.8, 4) is 5.75 Å². The van der Waals surface area contributed by atoms with Crippen molar-refractivity contribution in [3.63, 3.8) is 0 Å². The number of hydrogen-bond donors (Lipinski definition) is 1. The molecule has 1 aromatic heterocycles. The van der Waals surface area contributed by atoms with Gasteiger partial charge in [-0.05, 0) is 30.7 Å². The molecule has 0 radical (unpaired) electrons. The van der Waals surface area contributed by atoms with Crippen LogP contribution in [0.4, 0.5) is 5.69 Å². The van der Waals surface area contributed by atoms with Crippen molar-refractivity contribution >= 4 is 34.8 Å². The second kappa shape index (κ2) is 6.11. The molecule has 1 heterocycles. The molecule has 6 heteroatoms. The van der Waals surface area contributed by atoms with Crippen molar-refractivity contribution in [2.75, 3.05) is 12.4 Å². The quantitative estimate of drug-likeness (QED) is 0.933. The third-order valence-electron chi connectivity index (χ3n) is 2.68. The molecule has 1 amide bonds. The highest BCUT2D eigenvalue weighted by molar-refractivity contribution is 6.31. The second-order valence-electron chi connectivity index (χ2n) is 4.12. The Morgan fingerprint density at radius 3 is 2.70 bits per heavy atom. The normalized spacial score (nSPS) is 10.2. The standard InChI is InChI=1S/C14H12Cl2N2O2/c1-8-5-11(13(20-2)7-10(8)16)18-14(19)12-6-9(15)3-4-17-12/h3-7H,1-2H3,(H,18,19). The highest BCUT2D eigenvalue weighted by atomic mass is 35.5. The lowest BCUT2D eigenvalue weighted by atomic mass is 10.2. The predicted molar refractivity (Wildman–Crippen MR) is 79.9 cm³/mol. The van der Waals surface area contributed by atoms with Gasteiger partial charge in [-0.25, -0.2) is 0 Å². The number of anilines is 1. The molecule has 0 atom stereocenters. The smallest absolute Gasteiger partial charge is 0.274 e. The van der Waals surface area contributed by atoms with Gasteiger partial charge in [0.05, 0.1) is 12.8 Å². The topological polar surface area (TPSA) is 51.2 Å². The number of halogens is 2. The third-order valence-corrected chi connectivity index (χ3v) is 3.33. The minimum absolute atomic E-state index is 0.229. The molecular formula is C14H12Cl2N2O2. The van der Waals surface area contributed by atoms with Gasteiger partial charge < -0.3 is 10.1 Å². The lowest BCUT2D eigenvalue weighted by molar-refractivity contribution is 0.102. The van der Waals surface area contributed by atoms with Crippen LogP contribution in [0, 0.1) is 6.92 Å². The fraction of sp³-hybridized carbons (Fsp3) is 0.143. The van der Waals surface area contributed by atoms with Crippen LogP contribution in [0.3, 0.4) is 0 Å². The van der Waals surface area contributed by atoms with Crippen molar-refractivity contribution in [1.29, 1.82) is 0 Å². The molecule has 1 N–H and O–H groups in total. The Morgan fingerprint density at radius 1 is 1.30 bits per heavy atom. The van der Waals surface area contributed by atoms with Gasteiger partial charge in [0.15, 0.2) is 0 Å². The fourth-order valence-electron chi connectivity index (χ4n) is 1.65. The van der Waals surface area contributed by atoms with Gasteiger partial charge >= 0.3 is 0 Å². The van der Waals surface area contributed by atoms with E-state index in [2.05, 4.69) is 10.3 Å². The van der Waals surface area contributed by atoms with E-state index >= 15 is 0 Å². The van der Waals surface area contributed by atoms with E-state index in [0.29, 0.717) is 21.5 Å². The molecule has 0 saturated heterocycles. The number of hydrogen-bond acceptors (Lipinski definition) is 3. The number of rotatable bonds is 3. The Morgan fingerprint density at radius 2 is 2.05 bits per heavy atom. The van der Waals surface area contributed by atoms with Crippen LogP contribution in [0.1, 0.15) is 16.1 Å². The van der Waals surface area contributed by atoms with Crippen LogP contribution in [-0.4, -0.2) is 18.0 Å². The van der Waals surface area contributed by atoms with Crippen molar-refractivity contribution < 1.29 is 9.53 Å². The molecule has 0 bridgehead atoms. The average molecular weight is 311 g/mol. The van der Waals surface area contributed by atoms with E-state index in [4.69, 9.17) is 27.9 Å². The Balaban J connectivity index is 2.30. The van der Waals surface area contributed by atoms with E-state index in [-0.39, 0.29) is 11.6 Å². The van der Waals surface area contributed by atoms with E-state index in [9.17, 15) is 4.79 Å². The Labute approximate surface area is 126 Å². The first-order valence-corrected chi connectivity index (χ1v) is 6.54. The Hall–Kier alpha value is -1.78. The number of aromatic nitrogens is 1. The van der Waals surface area contributed by atoms with E-state index in [0.717, 1.165) is 5.56 Å². The summed E-state index contributed by atoms with van der Waals surface area (Å²) in [5.41, 5.74) is 1.59. The van der Waals surface area contributed by atoms with Crippen LogP contribution in [0.15, 0.2) is 30.5 Å². The number of nitrogens with one attached hydrogen (secondary N) is 1. The minimum Gasteiger partial charge on any atom is -0.495 e. The summed E-state index contributed by atoms with van der Waals surface area (Å²) in [5, 5.41) is 3.75. The summed E-state index contributed by atoms with van der Waals surface area (Å²) >= 11 is 11.9. The maximum atomic E-state index is 12.1. The summed E-state index contributed by atoms with van der Waals surface area (Å²) in [4.78, 5) is 16.1. The molecule has 0 fully saturated rings. The van der Waals surface area contributed by atoms with E-state index < -0.39 is 0 Å². The van der Waals surface area contributed by atoms with Gasteiger partial charge in [-0.15, -0.1) is 0 Å². The largest absolute Gasteiger partial charge is 0.495 e. The first kappa shape index (κ1) is 14.6. The van der Waals surface area contributed by atoms with Crippen LogP contribution >= 0.6 is 23.2 Å². The number of aryl methyl sites for hydroxylation is 1. The molecule has 104 valence electrons. The molecule has 0 aliphatic rings. The zero-order chi connectivity index (χ0) is 14.7.